The van der Waals surface area contributed by atoms with Gasteiger partial charge in [-0.2, -0.15) is 0 Å². The molecule has 4 aliphatic carbocycles. The predicted octanol–water partition coefficient (Wildman–Crippen LogP) is 6.20. The maximum Gasteiger partial charge on any atom is 0.235 e. The van der Waals surface area contributed by atoms with Crippen molar-refractivity contribution in [2.75, 3.05) is 0 Å². The van der Waals surface area contributed by atoms with Crippen LogP contribution in [-0.2, 0) is 28.8 Å². The minimum absolute atomic E-state index is 0.00799. The SMILES string of the molecule is CC1=C[C@@H]2/C=C(\C)CCC[C@@H](O)C(=O)[C@@H]([C@@H]3CC(=O)[C@H](O)CC/C(C)=C/[C@H]4C=C(C)[C@@H](C)[C@H]5[C@H](CC(C)C)NC(=O)[C@]54C3=O)C(=O)[C@]23C(=O)N[C@@H](CC(C)C)[C@@H]3[C@@H]1C. The number of allylic oxidation sites excluding steroid dienone is 8. The van der Waals surface area contributed by atoms with Gasteiger partial charge in [-0.15, -0.1) is 0 Å². The minimum atomic E-state index is -1.93. The first kappa shape index (κ1) is 44.1. The van der Waals surface area contributed by atoms with Crippen LogP contribution in [0.1, 0.15) is 121 Å². The molecule has 0 aromatic heterocycles. The van der Waals surface area contributed by atoms with E-state index in [1.165, 1.54) is 0 Å². The third-order valence-electron chi connectivity index (χ3n) is 15.3. The highest BCUT2D eigenvalue weighted by Crippen LogP contribution is 2.60. The van der Waals surface area contributed by atoms with Crippen LogP contribution in [-0.4, -0.2) is 69.5 Å². The van der Waals surface area contributed by atoms with Crippen molar-refractivity contribution < 1.29 is 39.0 Å². The highest BCUT2D eigenvalue weighted by molar-refractivity contribution is 6.21. The third-order valence-corrected chi connectivity index (χ3v) is 15.3. The molecule has 58 heavy (non-hydrogen) atoms. The van der Waals surface area contributed by atoms with Crippen LogP contribution in [0, 0.1) is 70.0 Å². The largest absolute Gasteiger partial charge is 0.385 e. The number of amides is 2. The van der Waals surface area contributed by atoms with Crippen molar-refractivity contribution in [2.45, 2.75) is 145 Å². The Morgan fingerprint density at radius 2 is 1.12 bits per heavy atom. The summed E-state index contributed by atoms with van der Waals surface area (Å²) < 4.78 is 0. The maximum atomic E-state index is 16.3. The minimum Gasteiger partial charge on any atom is -0.385 e. The van der Waals surface area contributed by atoms with Gasteiger partial charge in [0, 0.05) is 48.1 Å². The van der Waals surface area contributed by atoms with Crippen LogP contribution in [0.4, 0.5) is 0 Å². The van der Waals surface area contributed by atoms with E-state index in [9.17, 15) is 15.0 Å². The average Bonchev–Trinajstić information content (AvgIpc) is 3.59. The zero-order valence-electron chi connectivity index (χ0n) is 36.4. The van der Waals surface area contributed by atoms with Crippen LogP contribution in [0.2, 0.25) is 0 Å². The van der Waals surface area contributed by atoms with Crippen LogP contribution in [0.5, 0.6) is 0 Å². The summed E-state index contributed by atoms with van der Waals surface area (Å²) in [4.78, 5) is 92.3. The standard InChI is InChI=1S/C48H68N2O8/c1-23(2)16-34-40-29(9)27(7)20-31-19-26(6)14-15-36(51)38(53)22-33(43(55)47(31,40)45(57)49-34)39-42(54)37(52)13-11-12-25(5)18-32-21-28(8)30(10)41-35(17-24(3)4)50-46(58)48(32,41)44(39)56/h18-21,23-24,29-37,39-41,51-52H,11-17,22H2,1-10H3,(H,49,57)(H,50,58)/b25-18+,26-19+/t29-,30-,31+,32+,33+,34+,35+,36-,37-,39-,40+,41+,47+,48+/m1/s1. The second-order valence-electron chi connectivity index (χ2n) is 20.0. The second kappa shape index (κ2) is 16.5. The van der Waals surface area contributed by atoms with Gasteiger partial charge in [0.05, 0.1) is 5.92 Å². The number of aliphatic hydroxyl groups excluding tert-OH is 2. The van der Waals surface area contributed by atoms with Crippen molar-refractivity contribution in [2.24, 2.45) is 70.0 Å². The summed E-state index contributed by atoms with van der Waals surface area (Å²) in [6.45, 7) is 20.0. The molecule has 14 atom stereocenters. The van der Waals surface area contributed by atoms with Crippen molar-refractivity contribution >= 4 is 34.9 Å². The molecule has 6 aliphatic rings. The number of rotatable bonds is 5. The average molecular weight is 801 g/mol. The Labute approximate surface area is 345 Å². The fraction of sp³-hybridized carbons (Fsp3) is 0.708. The summed E-state index contributed by atoms with van der Waals surface area (Å²) in [5.74, 6) is -10.7. The molecule has 2 amide bonds. The first-order valence-electron chi connectivity index (χ1n) is 22.0. The summed E-state index contributed by atoms with van der Waals surface area (Å²) in [6, 6.07) is -0.831. The number of carbonyl (C=O) groups is 6. The zero-order chi connectivity index (χ0) is 42.8. The summed E-state index contributed by atoms with van der Waals surface area (Å²) in [5, 5.41) is 29.5. The van der Waals surface area contributed by atoms with Crippen LogP contribution < -0.4 is 10.6 Å². The van der Waals surface area contributed by atoms with E-state index in [1.54, 1.807) is 0 Å². The molecule has 0 saturated carbocycles. The normalized spacial score (nSPS) is 43.3. The van der Waals surface area contributed by atoms with Gasteiger partial charge in [0.2, 0.25) is 11.8 Å². The van der Waals surface area contributed by atoms with E-state index in [2.05, 4.69) is 38.3 Å². The number of nitrogens with one attached hydrogen (secondary N) is 2. The fourth-order valence-corrected chi connectivity index (χ4v) is 12.3. The van der Waals surface area contributed by atoms with E-state index in [-0.39, 0.29) is 36.5 Å². The number of carbonyl (C=O) groups excluding carboxylic acids is 6. The highest BCUT2D eigenvalue weighted by atomic mass is 16.3. The zero-order valence-corrected chi connectivity index (χ0v) is 36.4. The molecule has 2 spiro atoms. The number of ketones is 4. The Morgan fingerprint density at radius 3 is 1.60 bits per heavy atom. The van der Waals surface area contributed by atoms with Gasteiger partial charge in [0.15, 0.2) is 23.1 Å². The van der Waals surface area contributed by atoms with Gasteiger partial charge in [-0.3, -0.25) is 28.8 Å². The number of aliphatic hydroxyl groups is 2. The van der Waals surface area contributed by atoms with Gasteiger partial charge in [-0.25, -0.2) is 0 Å². The molecule has 0 unspecified atom stereocenters. The molecule has 2 aliphatic heterocycles. The number of Topliss-reactive ketones (excluding diaryl/α,β-unsaturated/α-hetero) is 4. The monoisotopic (exact) mass is 800 g/mol. The Kier molecular flexibility index (Phi) is 12.5. The summed E-state index contributed by atoms with van der Waals surface area (Å²) in [5.41, 5.74) is 0.0939. The summed E-state index contributed by atoms with van der Waals surface area (Å²) >= 11 is 0. The second-order valence-corrected chi connectivity index (χ2v) is 20.0. The molecule has 2 fully saturated rings. The van der Waals surface area contributed by atoms with E-state index in [0.717, 1.165) is 22.3 Å². The Morgan fingerprint density at radius 1 is 0.655 bits per heavy atom. The van der Waals surface area contributed by atoms with Gasteiger partial charge in [0.1, 0.15) is 23.0 Å². The molecule has 6 rings (SSSR count). The Bertz CT molecular complexity index is 1850. The lowest BCUT2D eigenvalue weighted by Crippen LogP contribution is -2.61. The number of hydrogen-bond acceptors (Lipinski definition) is 8. The molecule has 4 N–H and O–H groups in total. The quantitative estimate of drug-likeness (QED) is 0.189. The lowest BCUT2D eigenvalue weighted by Gasteiger charge is -2.49. The van der Waals surface area contributed by atoms with Crippen molar-refractivity contribution in [3.63, 3.8) is 0 Å². The molecule has 2 heterocycles. The lowest BCUT2D eigenvalue weighted by molar-refractivity contribution is -0.162. The molecule has 0 bridgehead atoms. The van der Waals surface area contributed by atoms with Gasteiger partial charge in [-0.05, 0) is 96.3 Å². The molecule has 0 aromatic carbocycles. The van der Waals surface area contributed by atoms with E-state index >= 15 is 24.0 Å². The highest BCUT2D eigenvalue weighted by Gasteiger charge is 2.71. The Balaban J connectivity index is 1.67. The molecule has 0 radical (unpaired) electrons. The smallest absolute Gasteiger partial charge is 0.235 e. The topological polar surface area (TPSA) is 167 Å². The summed E-state index contributed by atoms with van der Waals surface area (Å²) in [7, 11) is 0. The first-order valence-corrected chi connectivity index (χ1v) is 22.0. The van der Waals surface area contributed by atoms with Gasteiger partial charge < -0.3 is 20.8 Å². The number of hydrogen-bond donors (Lipinski definition) is 4. The van der Waals surface area contributed by atoms with Crippen LogP contribution in [0.25, 0.3) is 0 Å². The van der Waals surface area contributed by atoms with Gasteiger partial charge in [0.25, 0.3) is 0 Å². The summed E-state index contributed by atoms with van der Waals surface area (Å²) in [6.07, 6.45) is 6.42. The molecular weight excluding hydrogens is 733 g/mol. The molecule has 0 aromatic rings. The first-order chi connectivity index (χ1) is 27.2. The van der Waals surface area contributed by atoms with Gasteiger partial charge >= 0.3 is 0 Å². The Hall–Kier alpha value is -3.50. The van der Waals surface area contributed by atoms with Crippen molar-refractivity contribution in [1.29, 1.82) is 0 Å². The molecular formula is C48H68N2O8. The van der Waals surface area contributed by atoms with E-state index in [0.29, 0.717) is 32.1 Å². The third kappa shape index (κ3) is 7.16. The fourth-order valence-electron chi connectivity index (χ4n) is 12.3. The van der Waals surface area contributed by atoms with E-state index in [4.69, 9.17) is 0 Å². The van der Waals surface area contributed by atoms with Crippen molar-refractivity contribution in [1.82, 2.24) is 10.6 Å². The lowest BCUT2D eigenvalue weighted by atomic mass is 9.49. The van der Waals surface area contributed by atoms with Crippen molar-refractivity contribution in [3.8, 4) is 0 Å². The van der Waals surface area contributed by atoms with Crippen LogP contribution in [0.3, 0.4) is 0 Å². The van der Waals surface area contributed by atoms with Crippen LogP contribution in [0.15, 0.2) is 46.6 Å². The molecule has 318 valence electrons. The van der Waals surface area contributed by atoms with E-state index in [1.807, 2.05) is 65.8 Å². The predicted molar refractivity (Wildman–Crippen MR) is 222 cm³/mol. The van der Waals surface area contributed by atoms with E-state index < -0.39 is 112 Å². The molecule has 10 nitrogen and oxygen atoms in total. The maximum absolute atomic E-state index is 16.3. The van der Waals surface area contributed by atoms with Gasteiger partial charge in [-0.1, -0.05) is 88.1 Å². The van der Waals surface area contributed by atoms with Crippen molar-refractivity contribution in [3.05, 3.63) is 46.6 Å². The molecule has 2 saturated heterocycles. The van der Waals surface area contributed by atoms with Crippen LogP contribution >= 0.6 is 0 Å². The molecule has 10 heteroatoms.